The lowest BCUT2D eigenvalue weighted by Gasteiger charge is -2.14. The number of aliphatic carboxylic acids is 1. The zero-order valence-electron chi connectivity index (χ0n) is 14.6. The van der Waals surface area contributed by atoms with Crippen molar-refractivity contribution in [1.82, 2.24) is 14.8 Å². The molecule has 0 fully saturated rings. The molecule has 6 nitrogen and oxygen atoms in total. The third kappa shape index (κ3) is 2.40. The number of aromatic nitrogens is 3. The van der Waals surface area contributed by atoms with Gasteiger partial charge in [-0.05, 0) is 5.56 Å². The van der Waals surface area contributed by atoms with Gasteiger partial charge in [0.15, 0.2) is 0 Å². The van der Waals surface area contributed by atoms with Crippen LogP contribution in [0.5, 0.6) is 0 Å². The number of rotatable bonds is 3. The number of nitrogens with zero attached hydrogens (tertiary/aromatic N) is 2. The molecule has 28 heavy (non-hydrogen) atoms. The Morgan fingerprint density at radius 2 is 1.71 bits per heavy atom. The second kappa shape index (κ2) is 6.38. The Labute approximate surface area is 163 Å². The maximum Gasteiger partial charge on any atom is 0.327 e. The van der Waals surface area contributed by atoms with Crippen LogP contribution in [-0.4, -0.2) is 31.6 Å². The van der Waals surface area contributed by atoms with Crippen LogP contribution in [0.25, 0.3) is 33.3 Å². The van der Waals surface area contributed by atoms with Crippen LogP contribution < -0.4 is 5.56 Å². The summed E-state index contributed by atoms with van der Waals surface area (Å²) in [5.41, 5.74) is 3.33. The molecule has 5 rings (SSSR count). The summed E-state index contributed by atoms with van der Waals surface area (Å²) in [5, 5.41) is 18.3. The first-order valence-corrected chi connectivity index (χ1v) is 9.78. The highest BCUT2D eigenvalue weighted by molar-refractivity contribution is 7.99. The SMILES string of the molecule is O=C(O)[C@@H]1CSc2c(-c3ccccc3)c3c(-c4ccccc4)n[nH]c3c(=O)n21. The van der Waals surface area contributed by atoms with Crippen molar-refractivity contribution in [1.29, 1.82) is 0 Å². The van der Waals surface area contributed by atoms with Crippen molar-refractivity contribution in [3.8, 4) is 22.4 Å². The third-order valence-electron chi connectivity index (χ3n) is 4.97. The van der Waals surface area contributed by atoms with Crippen LogP contribution in [0.2, 0.25) is 0 Å². The van der Waals surface area contributed by atoms with E-state index in [0.717, 1.165) is 22.1 Å². The van der Waals surface area contributed by atoms with Gasteiger partial charge in [-0.3, -0.25) is 14.5 Å². The summed E-state index contributed by atoms with van der Waals surface area (Å²) < 4.78 is 1.39. The van der Waals surface area contributed by atoms with Gasteiger partial charge in [-0.15, -0.1) is 11.8 Å². The number of hydrogen-bond acceptors (Lipinski definition) is 4. The highest BCUT2D eigenvalue weighted by Crippen LogP contribution is 2.44. The van der Waals surface area contributed by atoms with E-state index in [1.807, 2.05) is 60.7 Å². The maximum absolute atomic E-state index is 13.2. The number of H-pyrrole nitrogens is 1. The van der Waals surface area contributed by atoms with E-state index in [-0.39, 0.29) is 5.56 Å². The van der Waals surface area contributed by atoms with E-state index in [1.54, 1.807) is 0 Å². The average molecular weight is 389 g/mol. The number of thioether (sulfide) groups is 1. The van der Waals surface area contributed by atoms with Gasteiger partial charge in [-0.25, -0.2) is 4.79 Å². The number of carboxylic acids is 1. The first-order valence-electron chi connectivity index (χ1n) is 8.80. The lowest BCUT2D eigenvalue weighted by Crippen LogP contribution is -2.29. The first-order chi connectivity index (χ1) is 13.7. The molecular formula is C21H15N3O3S. The molecule has 2 N–H and O–H groups in total. The fourth-order valence-electron chi connectivity index (χ4n) is 3.70. The summed E-state index contributed by atoms with van der Waals surface area (Å²) in [7, 11) is 0. The molecule has 0 unspecified atom stereocenters. The topological polar surface area (TPSA) is 88.0 Å². The van der Waals surface area contributed by atoms with Crippen molar-refractivity contribution < 1.29 is 9.90 Å². The molecule has 0 amide bonds. The van der Waals surface area contributed by atoms with Crippen molar-refractivity contribution in [2.75, 3.05) is 5.75 Å². The molecule has 138 valence electrons. The van der Waals surface area contributed by atoms with E-state index in [2.05, 4.69) is 10.2 Å². The molecule has 0 saturated carbocycles. The van der Waals surface area contributed by atoms with Gasteiger partial charge in [0.05, 0.1) is 5.03 Å². The molecule has 1 aliphatic heterocycles. The molecule has 0 aliphatic carbocycles. The molecule has 0 radical (unpaired) electrons. The summed E-state index contributed by atoms with van der Waals surface area (Å²) in [5.74, 6) is -0.681. The molecule has 7 heteroatoms. The molecule has 1 atom stereocenters. The highest BCUT2D eigenvalue weighted by Gasteiger charge is 2.35. The second-order valence-electron chi connectivity index (χ2n) is 6.57. The summed E-state index contributed by atoms with van der Waals surface area (Å²) in [6, 6.07) is 18.5. The van der Waals surface area contributed by atoms with Gasteiger partial charge in [0.1, 0.15) is 17.3 Å². The molecule has 4 aromatic rings. The minimum atomic E-state index is -1.01. The van der Waals surface area contributed by atoms with Gasteiger partial charge < -0.3 is 5.11 Å². The first kappa shape index (κ1) is 16.8. The van der Waals surface area contributed by atoms with Crippen molar-refractivity contribution in [2.45, 2.75) is 11.1 Å². The Morgan fingerprint density at radius 1 is 1.07 bits per heavy atom. The van der Waals surface area contributed by atoms with Crippen LogP contribution in [0.4, 0.5) is 0 Å². The van der Waals surface area contributed by atoms with Crippen LogP contribution in [0.3, 0.4) is 0 Å². The van der Waals surface area contributed by atoms with E-state index in [4.69, 9.17) is 0 Å². The largest absolute Gasteiger partial charge is 0.480 e. The fourth-order valence-corrected chi connectivity index (χ4v) is 5.02. The van der Waals surface area contributed by atoms with Crippen molar-refractivity contribution in [3.05, 3.63) is 71.0 Å². The highest BCUT2D eigenvalue weighted by atomic mass is 32.2. The molecule has 0 saturated heterocycles. The Balaban J connectivity index is 1.94. The minimum Gasteiger partial charge on any atom is -0.480 e. The Kier molecular flexibility index (Phi) is 3.84. The number of hydrogen-bond donors (Lipinski definition) is 2. The quantitative estimate of drug-likeness (QED) is 0.557. The van der Waals surface area contributed by atoms with Gasteiger partial charge >= 0.3 is 5.97 Å². The van der Waals surface area contributed by atoms with Gasteiger partial charge in [-0.2, -0.15) is 5.10 Å². The Hall–Kier alpha value is -3.32. The summed E-state index contributed by atoms with van der Waals surface area (Å²) in [6.07, 6.45) is 0. The number of pyridine rings is 1. The van der Waals surface area contributed by atoms with Crippen LogP contribution in [0.1, 0.15) is 6.04 Å². The molecule has 3 heterocycles. The number of nitrogens with one attached hydrogen (secondary N) is 1. The smallest absolute Gasteiger partial charge is 0.327 e. The molecule has 0 spiro atoms. The predicted octanol–water partition coefficient (Wildman–Crippen LogP) is 3.79. The number of carboxylic acid groups (broad SMARTS) is 1. The van der Waals surface area contributed by atoms with Crippen LogP contribution in [-0.2, 0) is 4.79 Å². The van der Waals surface area contributed by atoms with Crippen LogP contribution >= 0.6 is 11.8 Å². The molecule has 2 aromatic carbocycles. The van der Waals surface area contributed by atoms with E-state index in [0.29, 0.717) is 22.0 Å². The van der Waals surface area contributed by atoms with Crippen LogP contribution in [0, 0.1) is 0 Å². The molecular weight excluding hydrogens is 374 g/mol. The average Bonchev–Trinajstić information content (AvgIpc) is 3.35. The normalized spacial score (nSPS) is 15.6. The predicted molar refractivity (Wildman–Crippen MR) is 109 cm³/mol. The third-order valence-corrected chi connectivity index (χ3v) is 6.12. The number of benzene rings is 2. The Bertz CT molecular complexity index is 1260. The monoisotopic (exact) mass is 389 g/mol. The Morgan fingerprint density at radius 3 is 2.36 bits per heavy atom. The van der Waals surface area contributed by atoms with E-state index >= 15 is 0 Å². The van der Waals surface area contributed by atoms with Gasteiger partial charge in [0.25, 0.3) is 5.56 Å². The van der Waals surface area contributed by atoms with Gasteiger partial charge in [0, 0.05) is 22.3 Å². The summed E-state index contributed by atoms with van der Waals surface area (Å²) in [6.45, 7) is 0. The summed E-state index contributed by atoms with van der Waals surface area (Å²) in [4.78, 5) is 24.9. The van der Waals surface area contributed by atoms with E-state index in [9.17, 15) is 14.7 Å². The fraction of sp³-hybridized carbons (Fsp3) is 0.0952. The molecule has 0 bridgehead atoms. The van der Waals surface area contributed by atoms with E-state index in [1.165, 1.54) is 16.3 Å². The van der Waals surface area contributed by atoms with Crippen molar-refractivity contribution in [2.24, 2.45) is 0 Å². The lowest BCUT2D eigenvalue weighted by molar-refractivity contribution is -0.140. The molecule has 1 aliphatic rings. The molecule has 2 aromatic heterocycles. The van der Waals surface area contributed by atoms with Gasteiger partial charge in [0.2, 0.25) is 0 Å². The lowest BCUT2D eigenvalue weighted by atomic mass is 9.99. The van der Waals surface area contributed by atoms with Crippen LogP contribution in [0.15, 0.2) is 70.5 Å². The standard InChI is InChI=1S/C21H15N3O3S/c25-19-18-16(17(22-23-18)13-9-5-2-6-10-13)15(12-7-3-1-4-8-12)20-24(19)14(11-28-20)21(26)27/h1-10,14H,11H2,(H,22,23)(H,26,27)/t14-/m0/s1. The van der Waals surface area contributed by atoms with Crippen molar-refractivity contribution >= 4 is 28.6 Å². The zero-order valence-corrected chi connectivity index (χ0v) is 15.4. The van der Waals surface area contributed by atoms with Crippen molar-refractivity contribution in [3.63, 3.8) is 0 Å². The number of fused-ring (bicyclic) bond motifs is 2. The van der Waals surface area contributed by atoms with E-state index < -0.39 is 12.0 Å². The number of aromatic amines is 1. The maximum atomic E-state index is 13.2. The van der Waals surface area contributed by atoms with Gasteiger partial charge in [-0.1, -0.05) is 60.7 Å². The minimum absolute atomic E-state index is 0.325. The number of carbonyl (C=O) groups is 1. The summed E-state index contributed by atoms with van der Waals surface area (Å²) >= 11 is 1.40. The second-order valence-corrected chi connectivity index (χ2v) is 7.58. The zero-order chi connectivity index (χ0) is 19.3.